The Labute approximate surface area is 123 Å². The summed E-state index contributed by atoms with van der Waals surface area (Å²) in [6.45, 7) is 5.19. The number of hydrogen-bond donors (Lipinski definition) is 2. The maximum absolute atomic E-state index is 5.80. The van der Waals surface area contributed by atoms with Crippen LogP contribution >= 0.6 is 0 Å². The second-order valence-electron chi connectivity index (χ2n) is 5.21. The van der Waals surface area contributed by atoms with Gasteiger partial charge in [0.05, 0.1) is 11.7 Å². The molecule has 1 atom stereocenters. The fourth-order valence-corrected chi connectivity index (χ4v) is 2.79. The van der Waals surface area contributed by atoms with Gasteiger partial charge in [-0.2, -0.15) is 5.10 Å². The summed E-state index contributed by atoms with van der Waals surface area (Å²) in [5.41, 5.74) is 7.06. The molecule has 0 saturated carbocycles. The molecule has 1 unspecified atom stereocenters. The summed E-state index contributed by atoms with van der Waals surface area (Å²) in [4.78, 5) is 0. The van der Waals surface area contributed by atoms with Gasteiger partial charge in [-0.25, -0.2) is 5.43 Å². The SMILES string of the molecule is Cc1nn(C)c(C)c1C(NN)c1ccc2c(c1)OCCO2. The second kappa shape index (κ2) is 5.38. The monoisotopic (exact) mass is 288 g/mol. The Bertz CT molecular complexity index is 666. The standard InChI is InChI=1S/C15H20N4O2/c1-9-14(10(2)19(3)18-9)15(17-16)11-4-5-12-13(8-11)21-7-6-20-12/h4-5,8,15,17H,6-7,16H2,1-3H3. The molecular weight excluding hydrogens is 268 g/mol. The molecule has 0 bridgehead atoms. The highest BCUT2D eigenvalue weighted by Gasteiger charge is 2.23. The van der Waals surface area contributed by atoms with E-state index in [0.29, 0.717) is 13.2 Å². The molecule has 6 nitrogen and oxygen atoms in total. The van der Waals surface area contributed by atoms with Crippen molar-refractivity contribution in [1.29, 1.82) is 0 Å². The number of rotatable bonds is 3. The van der Waals surface area contributed by atoms with Gasteiger partial charge < -0.3 is 9.47 Å². The number of fused-ring (bicyclic) bond motifs is 1. The van der Waals surface area contributed by atoms with Crippen LogP contribution in [0.4, 0.5) is 0 Å². The topological polar surface area (TPSA) is 74.3 Å². The van der Waals surface area contributed by atoms with Gasteiger partial charge in [-0.3, -0.25) is 10.5 Å². The Hall–Kier alpha value is -2.05. The molecule has 1 aromatic heterocycles. The molecule has 2 aromatic rings. The predicted molar refractivity (Wildman–Crippen MR) is 79.3 cm³/mol. The number of benzene rings is 1. The molecule has 1 aliphatic rings. The first-order valence-electron chi connectivity index (χ1n) is 6.97. The fraction of sp³-hybridized carbons (Fsp3) is 0.400. The zero-order chi connectivity index (χ0) is 15.0. The number of ether oxygens (including phenoxy) is 2. The zero-order valence-corrected chi connectivity index (χ0v) is 12.5. The zero-order valence-electron chi connectivity index (χ0n) is 12.5. The number of nitrogens with one attached hydrogen (secondary N) is 1. The van der Waals surface area contributed by atoms with E-state index in [1.165, 1.54) is 0 Å². The fourth-order valence-electron chi connectivity index (χ4n) is 2.79. The molecule has 0 spiro atoms. The molecule has 0 saturated heterocycles. The number of aryl methyl sites for hydroxylation is 2. The van der Waals surface area contributed by atoms with Gasteiger partial charge >= 0.3 is 0 Å². The molecule has 0 aliphatic carbocycles. The van der Waals surface area contributed by atoms with Crippen molar-refractivity contribution >= 4 is 0 Å². The van der Waals surface area contributed by atoms with Crippen LogP contribution in [0.3, 0.4) is 0 Å². The van der Waals surface area contributed by atoms with Crippen LogP contribution < -0.4 is 20.7 Å². The molecule has 3 rings (SSSR count). The average molecular weight is 288 g/mol. The number of aromatic nitrogens is 2. The van der Waals surface area contributed by atoms with Crippen LogP contribution in [-0.2, 0) is 7.05 Å². The molecule has 0 fully saturated rings. The molecule has 1 aromatic carbocycles. The Kier molecular flexibility index (Phi) is 3.57. The van der Waals surface area contributed by atoms with Crippen molar-refractivity contribution in [2.45, 2.75) is 19.9 Å². The Morgan fingerprint density at radius 1 is 1.24 bits per heavy atom. The van der Waals surface area contributed by atoms with E-state index in [2.05, 4.69) is 10.5 Å². The van der Waals surface area contributed by atoms with E-state index in [-0.39, 0.29) is 6.04 Å². The van der Waals surface area contributed by atoms with E-state index in [1.807, 2.05) is 43.8 Å². The third kappa shape index (κ3) is 2.36. The second-order valence-corrected chi connectivity index (χ2v) is 5.21. The summed E-state index contributed by atoms with van der Waals surface area (Å²) in [7, 11) is 1.93. The number of nitrogens with zero attached hydrogens (tertiary/aromatic N) is 2. The molecule has 112 valence electrons. The first-order valence-corrected chi connectivity index (χ1v) is 6.97. The summed E-state index contributed by atoms with van der Waals surface area (Å²) >= 11 is 0. The largest absolute Gasteiger partial charge is 0.486 e. The van der Waals surface area contributed by atoms with Crippen LogP contribution in [0.1, 0.15) is 28.6 Å². The van der Waals surface area contributed by atoms with Crippen LogP contribution in [0, 0.1) is 13.8 Å². The lowest BCUT2D eigenvalue weighted by Crippen LogP contribution is -2.30. The predicted octanol–water partition coefficient (Wildman–Crippen LogP) is 1.36. The summed E-state index contributed by atoms with van der Waals surface area (Å²) < 4.78 is 13.1. The summed E-state index contributed by atoms with van der Waals surface area (Å²) in [6.07, 6.45) is 0. The van der Waals surface area contributed by atoms with Crippen LogP contribution in [0.5, 0.6) is 11.5 Å². The van der Waals surface area contributed by atoms with E-state index in [4.69, 9.17) is 15.3 Å². The van der Waals surface area contributed by atoms with Crippen LogP contribution in [0.2, 0.25) is 0 Å². The highest BCUT2D eigenvalue weighted by atomic mass is 16.6. The highest BCUT2D eigenvalue weighted by molar-refractivity contribution is 5.47. The van der Waals surface area contributed by atoms with Gasteiger partial charge in [0.2, 0.25) is 0 Å². The van der Waals surface area contributed by atoms with Crippen molar-refractivity contribution in [2.75, 3.05) is 13.2 Å². The number of hydrazine groups is 1. The van der Waals surface area contributed by atoms with Gasteiger partial charge in [0.25, 0.3) is 0 Å². The van der Waals surface area contributed by atoms with Crippen LogP contribution in [0.25, 0.3) is 0 Å². The Morgan fingerprint density at radius 3 is 2.57 bits per heavy atom. The van der Waals surface area contributed by atoms with Gasteiger partial charge in [-0.1, -0.05) is 6.07 Å². The highest BCUT2D eigenvalue weighted by Crippen LogP contribution is 2.35. The van der Waals surface area contributed by atoms with Gasteiger partial charge in [-0.05, 0) is 31.5 Å². The van der Waals surface area contributed by atoms with E-state index in [1.54, 1.807) is 0 Å². The van der Waals surface area contributed by atoms with Gasteiger partial charge in [0, 0.05) is 18.3 Å². The first kappa shape index (κ1) is 13.9. The lowest BCUT2D eigenvalue weighted by Gasteiger charge is -2.22. The van der Waals surface area contributed by atoms with E-state index in [0.717, 1.165) is 34.0 Å². The Balaban J connectivity index is 2.04. The smallest absolute Gasteiger partial charge is 0.161 e. The first-order chi connectivity index (χ1) is 10.1. The maximum Gasteiger partial charge on any atom is 0.161 e. The van der Waals surface area contributed by atoms with Crippen LogP contribution in [0.15, 0.2) is 18.2 Å². The maximum atomic E-state index is 5.80. The Morgan fingerprint density at radius 2 is 1.95 bits per heavy atom. The molecule has 0 amide bonds. The molecule has 0 radical (unpaired) electrons. The molecule has 2 heterocycles. The average Bonchev–Trinajstić information content (AvgIpc) is 2.74. The van der Waals surface area contributed by atoms with Gasteiger partial charge in [0.15, 0.2) is 11.5 Å². The van der Waals surface area contributed by atoms with Crippen LogP contribution in [-0.4, -0.2) is 23.0 Å². The minimum atomic E-state index is -0.130. The van der Waals surface area contributed by atoms with Crippen molar-refractivity contribution in [3.63, 3.8) is 0 Å². The van der Waals surface area contributed by atoms with Crippen molar-refractivity contribution in [3.05, 3.63) is 40.7 Å². The van der Waals surface area contributed by atoms with E-state index >= 15 is 0 Å². The van der Waals surface area contributed by atoms with E-state index < -0.39 is 0 Å². The third-order valence-corrected chi connectivity index (χ3v) is 3.92. The van der Waals surface area contributed by atoms with Gasteiger partial charge in [0.1, 0.15) is 13.2 Å². The van der Waals surface area contributed by atoms with Crippen molar-refractivity contribution in [3.8, 4) is 11.5 Å². The van der Waals surface area contributed by atoms with Crippen molar-refractivity contribution in [1.82, 2.24) is 15.2 Å². The summed E-state index contributed by atoms with van der Waals surface area (Å²) in [5.74, 6) is 7.34. The molecule has 21 heavy (non-hydrogen) atoms. The minimum absolute atomic E-state index is 0.130. The molecule has 1 aliphatic heterocycles. The number of hydrogen-bond acceptors (Lipinski definition) is 5. The molecule has 3 N–H and O–H groups in total. The quantitative estimate of drug-likeness (QED) is 0.659. The summed E-state index contributed by atoms with van der Waals surface area (Å²) in [6, 6.07) is 5.78. The van der Waals surface area contributed by atoms with Gasteiger partial charge in [-0.15, -0.1) is 0 Å². The summed E-state index contributed by atoms with van der Waals surface area (Å²) in [5, 5.41) is 4.46. The third-order valence-electron chi connectivity index (χ3n) is 3.92. The number of nitrogens with two attached hydrogens (primary N) is 1. The van der Waals surface area contributed by atoms with E-state index in [9.17, 15) is 0 Å². The lowest BCUT2D eigenvalue weighted by atomic mass is 9.97. The van der Waals surface area contributed by atoms with Crippen molar-refractivity contribution < 1.29 is 9.47 Å². The normalized spacial score (nSPS) is 15.0. The van der Waals surface area contributed by atoms with Crippen molar-refractivity contribution in [2.24, 2.45) is 12.9 Å². The lowest BCUT2D eigenvalue weighted by molar-refractivity contribution is 0.171. The minimum Gasteiger partial charge on any atom is -0.486 e. The molecule has 6 heteroatoms. The molecular formula is C15H20N4O2.